The molecule has 2 amide bonds. The third kappa shape index (κ3) is 6.53. The van der Waals surface area contributed by atoms with Gasteiger partial charge in [-0.15, -0.1) is 0 Å². The van der Waals surface area contributed by atoms with E-state index >= 15 is 0 Å². The van der Waals surface area contributed by atoms with Gasteiger partial charge in [-0.3, -0.25) is 9.59 Å². The zero-order valence-electron chi connectivity index (χ0n) is 17.1. The zero-order valence-corrected chi connectivity index (χ0v) is 17.1. The van der Waals surface area contributed by atoms with Crippen molar-refractivity contribution in [2.45, 2.75) is 26.3 Å². The minimum Gasteiger partial charge on any atom is -0.383 e. The second kappa shape index (κ2) is 11.3. The number of amides is 2. The number of nitrogens with zero attached hydrogens (tertiary/aromatic N) is 3. The smallest absolute Gasteiger partial charge is 0.242 e. The molecule has 0 bridgehead atoms. The maximum atomic E-state index is 13.0. The van der Waals surface area contributed by atoms with Crippen LogP contribution in [0, 0.1) is 0 Å². The first-order valence-corrected chi connectivity index (χ1v) is 9.73. The first kappa shape index (κ1) is 21.7. The van der Waals surface area contributed by atoms with Crippen molar-refractivity contribution in [2.75, 3.05) is 33.4 Å². The van der Waals surface area contributed by atoms with Gasteiger partial charge in [-0.05, 0) is 24.1 Å². The summed E-state index contributed by atoms with van der Waals surface area (Å²) in [6, 6.07) is 13.6. The zero-order chi connectivity index (χ0) is 20.4. The monoisotopic (exact) mass is 385 g/mol. The lowest BCUT2D eigenvalue weighted by Crippen LogP contribution is -2.44. The lowest BCUT2D eigenvalue weighted by atomic mass is 10.1. The third-order valence-corrected chi connectivity index (χ3v) is 4.69. The predicted octanol–water partition coefficient (Wildman–Crippen LogP) is 2.48. The number of benzene rings is 1. The molecule has 152 valence electrons. The van der Waals surface area contributed by atoms with E-state index in [1.54, 1.807) is 16.9 Å². The van der Waals surface area contributed by atoms with Gasteiger partial charge in [0.1, 0.15) is 0 Å². The number of carbonyl (C=O) groups is 2. The van der Waals surface area contributed by atoms with E-state index in [1.807, 2.05) is 67.2 Å². The average molecular weight is 386 g/mol. The number of rotatable bonds is 11. The van der Waals surface area contributed by atoms with Crippen molar-refractivity contribution in [3.63, 3.8) is 0 Å². The van der Waals surface area contributed by atoms with Crippen molar-refractivity contribution in [3.05, 3.63) is 59.9 Å². The maximum absolute atomic E-state index is 13.0. The molecule has 0 spiro atoms. The topological polar surface area (TPSA) is 54.8 Å². The highest BCUT2D eigenvalue weighted by atomic mass is 16.5. The maximum Gasteiger partial charge on any atom is 0.242 e. The van der Waals surface area contributed by atoms with Crippen LogP contribution in [-0.4, -0.2) is 59.5 Å². The van der Waals surface area contributed by atoms with Crippen LogP contribution in [0.1, 0.15) is 24.6 Å². The molecule has 0 fully saturated rings. The fraction of sp³-hybridized carbons (Fsp3) is 0.455. The van der Waals surface area contributed by atoms with Gasteiger partial charge < -0.3 is 19.1 Å². The molecule has 0 aliphatic carbocycles. The number of aromatic nitrogens is 1. The summed E-state index contributed by atoms with van der Waals surface area (Å²) in [5.41, 5.74) is 2.00. The fourth-order valence-electron chi connectivity index (χ4n) is 3.06. The van der Waals surface area contributed by atoms with Crippen LogP contribution in [0.5, 0.6) is 0 Å². The van der Waals surface area contributed by atoms with Gasteiger partial charge >= 0.3 is 0 Å². The first-order valence-electron chi connectivity index (χ1n) is 9.73. The number of hydrogen-bond acceptors (Lipinski definition) is 3. The molecular formula is C22H31N3O3. The Hall–Kier alpha value is -2.60. The molecule has 0 aliphatic heterocycles. The summed E-state index contributed by atoms with van der Waals surface area (Å²) in [6.07, 6.45) is 3.08. The van der Waals surface area contributed by atoms with Crippen LogP contribution in [0.3, 0.4) is 0 Å². The molecule has 0 saturated carbocycles. The van der Waals surface area contributed by atoms with Gasteiger partial charge in [0, 0.05) is 39.1 Å². The van der Waals surface area contributed by atoms with E-state index in [4.69, 9.17) is 4.74 Å². The molecule has 6 heteroatoms. The molecule has 6 nitrogen and oxygen atoms in total. The molecule has 2 rings (SSSR count). The van der Waals surface area contributed by atoms with E-state index in [-0.39, 0.29) is 18.4 Å². The van der Waals surface area contributed by atoms with Crippen molar-refractivity contribution in [3.8, 4) is 0 Å². The van der Waals surface area contributed by atoms with Gasteiger partial charge in [0.05, 0.1) is 26.1 Å². The number of carbonyl (C=O) groups excluding carboxylic acids is 2. The Bertz CT molecular complexity index is 742. The van der Waals surface area contributed by atoms with Crippen molar-refractivity contribution in [1.82, 2.24) is 14.4 Å². The molecule has 1 aromatic heterocycles. The van der Waals surface area contributed by atoms with E-state index < -0.39 is 0 Å². The lowest BCUT2D eigenvalue weighted by molar-refractivity contribution is -0.141. The minimum absolute atomic E-state index is 0.0213. The summed E-state index contributed by atoms with van der Waals surface area (Å²) in [5, 5.41) is 0. The summed E-state index contributed by atoms with van der Waals surface area (Å²) >= 11 is 0. The fourth-order valence-corrected chi connectivity index (χ4v) is 3.06. The van der Waals surface area contributed by atoms with Gasteiger partial charge in [-0.25, -0.2) is 0 Å². The number of hydrogen-bond donors (Lipinski definition) is 0. The van der Waals surface area contributed by atoms with Crippen molar-refractivity contribution in [1.29, 1.82) is 0 Å². The number of methoxy groups -OCH3 is 1. The highest BCUT2D eigenvalue weighted by molar-refractivity contribution is 5.85. The molecule has 1 heterocycles. The SMILES string of the molecule is CCCN(CC(=O)N(CCOC)Cc1cccn1C)C(=O)Cc1ccccc1. The Morgan fingerprint density at radius 2 is 1.75 bits per heavy atom. The molecule has 0 unspecified atom stereocenters. The molecule has 0 aliphatic rings. The van der Waals surface area contributed by atoms with Gasteiger partial charge in [0.25, 0.3) is 0 Å². The Balaban J connectivity index is 2.05. The highest BCUT2D eigenvalue weighted by Gasteiger charge is 2.21. The Kier molecular flexibility index (Phi) is 8.75. The molecule has 0 radical (unpaired) electrons. The second-order valence-corrected chi connectivity index (χ2v) is 6.90. The summed E-state index contributed by atoms with van der Waals surface area (Å²) in [6.45, 7) is 4.13. The summed E-state index contributed by atoms with van der Waals surface area (Å²) < 4.78 is 7.17. The molecule has 0 N–H and O–H groups in total. The van der Waals surface area contributed by atoms with Gasteiger partial charge in [0.15, 0.2) is 0 Å². The van der Waals surface area contributed by atoms with Crippen molar-refractivity contribution >= 4 is 11.8 Å². The van der Waals surface area contributed by atoms with E-state index in [0.717, 1.165) is 17.7 Å². The largest absolute Gasteiger partial charge is 0.383 e. The normalized spacial score (nSPS) is 10.7. The van der Waals surface area contributed by atoms with E-state index in [2.05, 4.69) is 0 Å². The van der Waals surface area contributed by atoms with Crippen molar-refractivity contribution < 1.29 is 14.3 Å². The van der Waals surface area contributed by atoms with E-state index in [1.165, 1.54) is 0 Å². The van der Waals surface area contributed by atoms with Crippen LogP contribution >= 0.6 is 0 Å². The molecule has 0 atom stereocenters. The van der Waals surface area contributed by atoms with E-state index in [9.17, 15) is 9.59 Å². The standard InChI is InChI=1S/C22H31N3O3/c1-4-12-24(21(26)16-19-9-6-5-7-10-19)18-22(27)25(14-15-28-3)17-20-11-8-13-23(20)2/h5-11,13H,4,12,14-18H2,1-3H3. The lowest BCUT2D eigenvalue weighted by Gasteiger charge is -2.27. The van der Waals surface area contributed by atoms with E-state index in [0.29, 0.717) is 32.7 Å². The number of aryl methyl sites for hydroxylation is 1. The molecule has 28 heavy (non-hydrogen) atoms. The second-order valence-electron chi connectivity index (χ2n) is 6.90. The minimum atomic E-state index is -0.0619. The van der Waals surface area contributed by atoms with Crippen LogP contribution in [0.2, 0.25) is 0 Å². The summed E-state index contributed by atoms with van der Waals surface area (Å²) in [5.74, 6) is -0.0833. The summed E-state index contributed by atoms with van der Waals surface area (Å²) in [4.78, 5) is 29.2. The molecule has 1 aromatic carbocycles. The van der Waals surface area contributed by atoms with Crippen LogP contribution in [0.25, 0.3) is 0 Å². The Morgan fingerprint density at radius 1 is 1.00 bits per heavy atom. The Morgan fingerprint density at radius 3 is 2.36 bits per heavy atom. The van der Waals surface area contributed by atoms with Crippen LogP contribution in [0.4, 0.5) is 0 Å². The van der Waals surface area contributed by atoms with Gasteiger partial charge in [0.2, 0.25) is 11.8 Å². The molecular weight excluding hydrogens is 354 g/mol. The quantitative estimate of drug-likeness (QED) is 0.597. The van der Waals surface area contributed by atoms with Crippen LogP contribution < -0.4 is 0 Å². The molecule has 0 saturated heterocycles. The average Bonchev–Trinajstić information content (AvgIpc) is 3.10. The first-order chi connectivity index (χ1) is 13.5. The number of ether oxygens (including phenoxy) is 1. The predicted molar refractivity (Wildman–Crippen MR) is 110 cm³/mol. The highest BCUT2D eigenvalue weighted by Crippen LogP contribution is 2.08. The van der Waals surface area contributed by atoms with Crippen LogP contribution in [-0.2, 0) is 34.3 Å². The van der Waals surface area contributed by atoms with Crippen LogP contribution in [0.15, 0.2) is 48.7 Å². The van der Waals surface area contributed by atoms with Crippen molar-refractivity contribution in [2.24, 2.45) is 7.05 Å². The van der Waals surface area contributed by atoms with Gasteiger partial charge in [-0.2, -0.15) is 0 Å². The third-order valence-electron chi connectivity index (χ3n) is 4.69. The Labute approximate surface area is 167 Å². The van der Waals surface area contributed by atoms with Gasteiger partial charge in [-0.1, -0.05) is 37.3 Å². The molecule has 2 aromatic rings. The summed E-state index contributed by atoms with van der Waals surface area (Å²) in [7, 11) is 3.58.